The van der Waals surface area contributed by atoms with E-state index < -0.39 is 60.7 Å². The summed E-state index contributed by atoms with van der Waals surface area (Å²) in [4.78, 5) is 96.3. The third kappa shape index (κ3) is 14.0. The first kappa shape index (κ1) is 59.6. The van der Waals surface area contributed by atoms with Gasteiger partial charge in [0.25, 0.3) is 11.8 Å². The van der Waals surface area contributed by atoms with Crippen LogP contribution >= 0.6 is 0 Å². The van der Waals surface area contributed by atoms with E-state index >= 15 is 0 Å². The zero-order valence-electron chi connectivity index (χ0n) is 46.1. The summed E-state index contributed by atoms with van der Waals surface area (Å²) in [6.07, 6.45) is -0.758. The molecule has 0 spiro atoms. The van der Waals surface area contributed by atoms with Gasteiger partial charge in [0.2, 0.25) is 11.8 Å². The van der Waals surface area contributed by atoms with Crippen LogP contribution in [0.25, 0.3) is 0 Å². The van der Waals surface area contributed by atoms with Crippen LogP contribution in [-0.2, 0) is 30.4 Å². The number of anilines is 3. The number of benzene rings is 3. The number of carbonyl (C=O) groups is 7. The Balaban J connectivity index is 0.913. The van der Waals surface area contributed by atoms with Gasteiger partial charge in [-0.3, -0.25) is 24.5 Å². The van der Waals surface area contributed by atoms with Gasteiger partial charge in [-0.15, -0.1) is 0 Å². The number of carboxylic acid groups (broad SMARTS) is 1. The number of ether oxygens (including phenoxy) is 7. The van der Waals surface area contributed by atoms with Gasteiger partial charge in [-0.25, -0.2) is 24.2 Å². The highest BCUT2D eigenvalue weighted by Crippen LogP contribution is 2.44. The molecule has 5 atom stereocenters. The number of unbranched alkanes of at least 4 members (excludes halogenated alkanes) is 2. The number of nitrogens with one attached hydrogen (secondary N) is 3. The number of nitrogens with zero attached hydrogens (tertiary/aromatic N) is 4. The number of rotatable bonds is 23. The van der Waals surface area contributed by atoms with Crippen molar-refractivity contribution >= 4 is 59.0 Å². The lowest BCUT2D eigenvalue weighted by atomic mass is 10.0. The van der Waals surface area contributed by atoms with Gasteiger partial charge in [0.1, 0.15) is 19.3 Å². The molecule has 0 unspecified atom stereocenters. The van der Waals surface area contributed by atoms with Gasteiger partial charge in [-0.05, 0) is 95.5 Å². The summed E-state index contributed by atoms with van der Waals surface area (Å²) in [5, 5.41) is 41.3. The van der Waals surface area contributed by atoms with Crippen molar-refractivity contribution in [2.75, 3.05) is 62.4 Å². The van der Waals surface area contributed by atoms with E-state index in [1.165, 1.54) is 48.3 Å². The molecular weight excluding hydrogens is 1040 g/mol. The van der Waals surface area contributed by atoms with Crippen molar-refractivity contribution in [1.82, 2.24) is 20.4 Å². The monoisotopic (exact) mass is 1110 g/mol. The van der Waals surface area contributed by atoms with E-state index in [1.54, 1.807) is 43.6 Å². The molecule has 80 heavy (non-hydrogen) atoms. The minimum absolute atomic E-state index is 0.0112. The van der Waals surface area contributed by atoms with Crippen LogP contribution in [0.3, 0.4) is 0 Å². The molecule has 4 aliphatic rings. The predicted molar refractivity (Wildman–Crippen MR) is 290 cm³/mol. The highest BCUT2D eigenvalue weighted by molar-refractivity contribution is 6.07. The Labute approximate surface area is 463 Å². The molecule has 432 valence electrons. The Bertz CT molecular complexity index is 2860. The number of amides is 7. The fraction of sp³-hybridized carbons (Fsp3) is 0.482. The van der Waals surface area contributed by atoms with Crippen LogP contribution in [0.5, 0.6) is 23.0 Å². The number of fused-ring (bicyclic) bond motifs is 4. The normalized spacial score (nSPS) is 18.6. The molecule has 4 aliphatic heterocycles. The summed E-state index contributed by atoms with van der Waals surface area (Å²) < 4.78 is 39.8. The van der Waals surface area contributed by atoms with Crippen molar-refractivity contribution in [1.29, 1.82) is 0 Å². The molecule has 24 nitrogen and oxygen atoms in total. The smallest absolute Gasteiger partial charge is 0.416 e. The highest BCUT2D eigenvalue weighted by atomic mass is 16.6. The number of carbonyl (C=O) groups excluding carboxylic acids is 6. The number of aliphatic hydroxyl groups is 2. The lowest BCUT2D eigenvalue weighted by molar-refractivity contribution is -0.130. The molecule has 0 aromatic heterocycles. The van der Waals surface area contributed by atoms with Crippen molar-refractivity contribution in [3.63, 3.8) is 0 Å². The molecule has 24 heteroatoms. The van der Waals surface area contributed by atoms with Gasteiger partial charge >= 0.3 is 18.3 Å². The van der Waals surface area contributed by atoms with E-state index in [9.17, 15) is 48.9 Å². The van der Waals surface area contributed by atoms with Crippen LogP contribution < -0.4 is 44.7 Å². The zero-order chi connectivity index (χ0) is 57.9. The second-order valence-electron chi connectivity index (χ2n) is 20.4. The van der Waals surface area contributed by atoms with Crippen molar-refractivity contribution in [3.05, 3.63) is 88.8 Å². The van der Waals surface area contributed by atoms with Gasteiger partial charge in [-0.1, -0.05) is 37.1 Å². The number of aliphatic hydroxyl groups excluding tert-OH is 2. The fourth-order valence-corrected chi connectivity index (χ4v) is 9.67. The summed E-state index contributed by atoms with van der Waals surface area (Å²) >= 11 is 0. The molecule has 7 amide bonds. The minimum Gasteiger partial charge on any atom is -0.493 e. The standard InChI is InChI=1S/C56H71N7O17/c1-31(2)48(49(65)57-32(3)4)59-47(64)16-19-76-20-21-79-54(70)58-36-14-12-35(13-15-36)30-80-56(73)63-40-27-46(44(75-8)25-38(40)51(67)61-29-34(6)23-42(61)53(63)69)78-18-11-9-10-17-77-45-26-39-37(24-43(45)74-7)50(66)60-28-33(5)22-41(60)52(68)62(39)55(71)72/h12-15,24-29,31-32,41-42,48,52-53,68-69H,9-11,16-23,30H2,1-8H3,(H,57,65)(H,58,70)(H,59,64)(H,71,72)/t41-,42-,48+,52-,53-/m0/s1. The molecule has 0 saturated heterocycles. The van der Waals surface area contributed by atoms with Gasteiger partial charge in [0.15, 0.2) is 35.5 Å². The van der Waals surface area contributed by atoms with Crippen LogP contribution in [0.2, 0.25) is 0 Å². The van der Waals surface area contributed by atoms with Crippen molar-refractivity contribution in [2.45, 2.75) is 123 Å². The number of methoxy groups -OCH3 is 2. The van der Waals surface area contributed by atoms with Gasteiger partial charge in [0, 0.05) is 42.7 Å². The number of hydrogen-bond donors (Lipinski definition) is 6. The first-order valence-electron chi connectivity index (χ1n) is 26.4. The van der Waals surface area contributed by atoms with E-state index in [0.29, 0.717) is 36.9 Å². The zero-order valence-corrected chi connectivity index (χ0v) is 46.1. The molecule has 0 aliphatic carbocycles. The Morgan fingerprint density at radius 3 is 1.71 bits per heavy atom. The van der Waals surface area contributed by atoms with Gasteiger partial charge in [-0.2, -0.15) is 0 Å². The molecule has 0 fully saturated rings. The Kier molecular flexibility index (Phi) is 19.9. The summed E-state index contributed by atoms with van der Waals surface area (Å²) in [7, 11) is 2.81. The maximum atomic E-state index is 14.1. The number of hydrogen-bond acceptors (Lipinski definition) is 16. The quantitative estimate of drug-likeness (QED) is 0.0554. The lowest BCUT2D eigenvalue weighted by Gasteiger charge is -2.31. The highest BCUT2D eigenvalue weighted by Gasteiger charge is 2.46. The third-order valence-corrected chi connectivity index (χ3v) is 13.6. The molecule has 3 aromatic carbocycles. The Morgan fingerprint density at radius 1 is 0.662 bits per heavy atom. The third-order valence-electron chi connectivity index (χ3n) is 13.6. The van der Waals surface area contributed by atoms with Crippen LogP contribution in [0.4, 0.5) is 31.4 Å². The SMILES string of the molecule is COc1cc2c(cc1OCCCCCOc1cc3c(cc1OC)C(=O)N1C=C(C)C[C@H]1[C@H](O)N3C(=O)OCc1ccc(NC(=O)OCCOCCC(=O)N[C@@H](C(=O)NC(C)C)C(C)C)cc1)N(C(=O)O)[C@@H](O)[C@@H]1CC(C)=CN1C2=O. The Hall–Kier alpha value is -8.09. The molecule has 0 saturated carbocycles. The van der Waals surface area contributed by atoms with Crippen molar-refractivity contribution < 1.29 is 82.0 Å². The van der Waals surface area contributed by atoms with E-state index in [0.717, 1.165) is 20.9 Å². The molecule has 0 radical (unpaired) electrons. The molecular formula is C56H71N7O17. The Morgan fingerprint density at radius 2 is 1.20 bits per heavy atom. The molecule has 3 aromatic rings. The molecule has 7 rings (SSSR count). The second-order valence-corrected chi connectivity index (χ2v) is 20.4. The van der Waals surface area contributed by atoms with E-state index in [2.05, 4.69) is 16.0 Å². The molecule has 6 N–H and O–H groups in total. The average Bonchev–Trinajstić information content (AvgIpc) is 4.12. The summed E-state index contributed by atoms with van der Waals surface area (Å²) in [6.45, 7) is 11.0. The minimum atomic E-state index is -1.54. The van der Waals surface area contributed by atoms with Crippen LogP contribution in [0.15, 0.2) is 72.1 Å². The van der Waals surface area contributed by atoms with E-state index in [-0.39, 0.29) is 122 Å². The fourth-order valence-electron chi connectivity index (χ4n) is 9.67. The predicted octanol–water partition coefficient (Wildman–Crippen LogP) is 6.48. The van der Waals surface area contributed by atoms with E-state index in [1.807, 2.05) is 34.6 Å². The molecule has 4 heterocycles. The van der Waals surface area contributed by atoms with Crippen molar-refractivity contribution in [2.24, 2.45) is 5.92 Å². The first-order chi connectivity index (χ1) is 38.2. The summed E-state index contributed by atoms with van der Waals surface area (Å²) in [5.41, 5.74) is 2.64. The maximum Gasteiger partial charge on any atom is 0.416 e. The maximum absolute atomic E-state index is 14.1. The second kappa shape index (κ2) is 26.7. The largest absolute Gasteiger partial charge is 0.493 e. The topological polar surface area (TPSA) is 294 Å². The van der Waals surface area contributed by atoms with Gasteiger partial charge < -0.3 is 68.9 Å². The van der Waals surface area contributed by atoms with Crippen LogP contribution in [-0.4, -0.2) is 151 Å². The van der Waals surface area contributed by atoms with E-state index in [4.69, 9.17) is 33.2 Å². The lowest BCUT2D eigenvalue weighted by Crippen LogP contribution is -2.51. The van der Waals surface area contributed by atoms with Gasteiger partial charge in [0.05, 0.1) is 75.2 Å². The molecule has 0 bridgehead atoms. The first-order valence-corrected chi connectivity index (χ1v) is 26.4. The average molecular weight is 1110 g/mol. The van der Waals surface area contributed by atoms with Crippen molar-refractivity contribution in [3.8, 4) is 23.0 Å². The van der Waals surface area contributed by atoms with Crippen LogP contribution in [0.1, 0.15) is 106 Å². The summed E-state index contributed by atoms with van der Waals surface area (Å²) in [5.74, 6) is -0.900. The summed E-state index contributed by atoms with van der Waals surface area (Å²) in [6, 6.07) is 9.73. The van der Waals surface area contributed by atoms with Crippen LogP contribution in [0, 0.1) is 5.92 Å².